The van der Waals surface area contributed by atoms with Crippen LogP contribution >= 0.6 is 0 Å². The van der Waals surface area contributed by atoms with E-state index in [1.54, 1.807) is 26.1 Å². The van der Waals surface area contributed by atoms with E-state index in [0.717, 1.165) is 71.9 Å². The summed E-state index contributed by atoms with van der Waals surface area (Å²) < 4.78 is 44.4. The van der Waals surface area contributed by atoms with Gasteiger partial charge in [-0.3, -0.25) is 19.2 Å². The topological polar surface area (TPSA) is 93.0 Å². The average molecular weight is 741 g/mol. The standard InChI is InChI=1S/C42H50F2N6O4/c1-7-9-37(51)49-22-25(2)50-35(26(49)3)21-34(46-50)42-39(40-33(44)19-30(43)20-36(40)54-17-16-53-6)31-10-8-11-32(31)41(45-42)28-13-12-27-14-15-48(23-29(27)18-28)24-38(52)47(4)5/h12-13,18-21,25-26H,7-11,14-17,22-24H2,1-6H3/t25-,26+/m0/s1. The first kappa shape index (κ1) is 37.6. The van der Waals surface area contributed by atoms with Crippen LogP contribution in [0.1, 0.15) is 80.1 Å². The van der Waals surface area contributed by atoms with Crippen molar-refractivity contribution in [2.24, 2.45) is 0 Å². The van der Waals surface area contributed by atoms with E-state index < -0.39 is 11.6 Å². The van der Waals surface area contributed by atoms with E-state index in [9.17, 15) is 14.0 Å². The van der Waals surface area contributed by atoms with Crippen molar-refractivity contribution in [3.63, 3.8) is 0 Å². The molecular weight excluding hydrogens is 690 g/mol. The van der Waals surface area contributed by atoms with Crippen LogP contribution in [0.3, 0.4) is 0 Å². The molecule has 7 rings (SSSR count). The lowest BCUT2D eigenvalue weighted by Crippen LogP contribution is -2.42. The molecule has 2 atom stereocenters. The third kappa shape index (κ3) is 7.13. The second-order valence-corrected chi connectivity index (χ2v) is 15.0. The van der Waals surface area contributed by atoms with E-state index in [1.165, 1.54) is 11.6 Å². The molecule has 1 aliphatic carbocycles. The Hall–Kier alpha value is -4.68. The van der Waals surface area contributed by atoms with Crippen molar-refractivity contribution in [2.75, 3.05) is 54.1 Å². The van der Waals surface area contributed by atoms with E-state index in [-0.39, 0.29) is 48.4 Å². The first-order valence-corrected chi connectivity index (χ1v) is 19.1. The van der Waals surface area contributed by atoms with Gasteiger partial charge in [-0.25, -0.2) is 13.8 Å². The van der Waals surface area contributed by atoms with E-state index in [4.69, 9.17) is 19.6 Å². The van der Waals surface area contributed by atoms with Crippen molar-refractivity contribution in [3.8, 4) is 39.5 Å². The highest BCUT2D eigenvalue weighted by Crippen LogP contribution is 2.47. The van der Waals surface area contributed by atoms with E-state index in [2.05, 4.69) is 23.1 Å². The minimum absolute atomic E-state index is 0.0668. The van der Waals surface area contributed by atoms with Crippen LogP contribution in [0.15, 0.2) is 36.4 Å². The fourth-order valence-electron chi connectivity index (χ4n) is 8.27. The molecule has 2 aliphatic heterocycles. The molecule has 0 N–H and O–H groups in total. The fraction of sp³-hybridized carbons (Fsp3) is 0.476. The Morgan fingerprint density at radius 1 is 0.963 bits per heavy atom. The zero-order valence-electron chi connectivity index (χ0n) is 32.2. The number of methoxy groups -OCH3 is 1. The number of rotatable bonds is 11. The predicted octanol–water partition coefficient (Wildman–Crippen LogP) is 6.78. The molecule has 0 saturated carbocycles. The van der Waals surface area contributed by atoms with E-state index >= 15 is 4.39 Å². The SMILES string of the molecule is CCCC(=O)N1C[C@H](C)n2nc(-c3nc(-c4ccc5c(c4)CN(CC(=O)N(C)C)CC5)c4c(c3-c3c(F)cc(F)cc3OCCOC)CCC4)cc2[C@H]1C. The maximum atomic E-state index is 16.3. The molecule has 2 aromatic heterocycles. The zero-order valence-corrected chi connectivity index (χ0v) is 32.2. The number of benzene rings is 2. The number of hydrogen-bond donors (Lipinski definition) is 0. The predicted molar refractivity (Wildman–Crippen MR) is 203 cm³/mol. The first-order valence-electron chi connectivity index (χ1n) is 19.1. The van der Waals surface area contributed by atoms with Gasteiger partial charge < -0.3 is 19.3 Å². The normalized spacial score (nSPS) is 18.0. The van der Waals surface area contributed by atoms with Crippen LogP contribution in [0.25, 0.3) is 33.8 Å². The number of carbonyl (C=O) groups excluding carboxylic acids is 2. The molecule has 54 heavy (non-hydrogen) atoms. The summed E-state index contributed by atoms with van der Waals surface area (Å²) in [6, 6.07) is 10.2. The second kappa shape index (κ2) is 15.6. The summed E-state index contributed by atoms with van der Waals surface area (Å²) in [6.07, 6.45) is 4.34. The van der Waals surface area contributed by atoms with Gasteiger partial charge in [-0.15, -0.1) is 0 Å². The van der Waals surface area contributed by atoms with Gasteiger partial charge in [-0.2, -0.15) is 5.10 Å². The third-order valence-corrected chi connectivity index (χ3v) is 11.1. The molecular formula is C42H50F2N6O4. The molecule has 0 bridgehead atoms. The number of hydrogen-bond acceptors (Lipinski definition) is 7. The third-order valence-electron chi connectivity index (χ3n) is 11.1. The van der Waals surface area contributed by atoms with Crippen LogP contribution in [-0.2, 0) is 40.1 Å². The van der Waals surface area contributed by atoms with Gasteiger partial charge in [-0.1, -0.05) is 19.1 Å². The number of halogens is 2. The highest BCUT2D eigenvalue weighted by Gasteiger charge is 2.35. The van der Waals surface area contributed by atoms with Crippen LogP contribution in [0.4, 0.5) is 8.78 Å². The van der Waals surface area contributed by atoms with Gasteiger partial charge >= 0.3 is 0 Å². The van der Waals surface area contributed by atoms with Crippen LogP contribution in [0.5, 0.6) is 5.75 Å². The Balaban J connectivity index is 1.41. The van der Waals surface area contributed by atoms with Crippen molar-refractivity contribution in [1.82, 2.24) is 29.5 Å². The summed E-state index contributed by atoms with van der Waals surface area (Å²) in [5.74, 6) is -1.23. The first-order chi connectivity index (χ1) is 26.0. The van der Waals surface area contributed by atoms with Gasteiger partial charge in [0.15, 0.2) is 0 Å². The van der Waals surface area contributed by atoms with Crippen molar-refractivity contribution in [2.45, 2.75) is 77.9 Å². The number of carbonyl (C=O) groups is 2. The van der Waals surface area contributed by atoms with Crippen LogP contribution < -0.4 is 4.74 Å². The molecule has 0 unspecified atom stereocenters. The lowest BCUT2D eigenvalue weighted by molar-refractivity contribution is -0.135. The molecule has 2 aromatic carbocycles. The molecule has 12 heteroatoms. The number of nitrogens with zero attached hydrogens (tertiary/aromatic N) is 6. The van der Waals surface area contributed by atoms with Crippen LogP contribution in [-0.4, -0.2) is 95.3 Å². The number of amides is 2. The molecule has 0 fully saturated rings. The Morgan fingerprint density at radius 3 is 2.52 bits per heavy atom. The Labute approximate surface area is 316 Å². The molecule has 3 aliphatic rings. The highest BCUT2D eigenvalue weighted by molar-refractivity contribution is 5.89. The van der Waals surface area contributed by atoms with Crippen LogP contribution in [0.2, 0.25) is 0 Å². The fourth-order valence-corrected chi connectivity index (χ4v) is 8.27. The Bertz CT molecular complexity index is 2080. The summed E-state index contributed by atoms with van der Waals surface area (Å²) >= 11 is 0. The number of fused-ring (bicyclic) bond motifs is 3. The van der Waals surface area contributed by atoms with Gasteiger partial charge in [0, 0.05) is 70.5 Å². The Kier molecular flexibility index (Phi) is 10.9. The summed E-state index contributed by atoms with van der Waals surface area (Å²) in [5, 5.41) is 5.13. The second-order valence-electron chi connectivity index (χ2n) is 15.0. The minimum atomic E-state index is -0.740. The number of pyridine rings is 1. The maximum absolute atomic E-state index is 16.3. The monoisotopic (exact) mass is 740 g/mol. The number of ether oxygens (including phenoxy) is 2. The van der Waals surface area contributed by atoms with Gasteiger partial charge in [0.2, 0.25) is 11.8 Å². The molecule has 10 nitrogen and oxygen atoms in total. The molecule has 0 spiro atoms. The molecule has 286 valence electrons. The van der Waals surface area contributed by atoms with Crippen molar-refractivity contribution < 1.29 is 27.8 Å². The smallest absolute Gasteiger partial charge is 0.236 e. The summed E-state index contributed by atoms with van der Waals surface area (Å²) in [6.45, 7) is 8.75. The average Bonchev–Trinajstić information content (AvgIpc) is 3.82. The van der Waals surface area contributed by atoms with Crippen molar-refractivity contribution in [1.29, 1.82) is 0 Å². The van der Waals surface area contributed by atoms with Gasteiger partial charge in [0.25, 0.3) is 0 Å². The summed E-state index contributed by atoms with van der Waals surface area (Å²) in [4.78, 5) is 36.9. The summed E-state index contributed by atoms with van der Waals surface area (Å²) in [5.41, 5.74) is 8.74. The van der Waals surface area contributed by atoms with Gasteiger partial charge in [-0.05, 0) is 80.3 Å². The van der Waals surface area contributed by atoms with E-state index in [0.29, 0.717) is 49.4 Å². The molecule has 0 radical (unpaired) electrons. The van der Waals surface area contributed by atoms with Crippen molar-refractivity contribution in [3.05, 3.63) is 76.0 Å². The van der Waals surface area contributed by atoms with Crippen LogP contribution in [0, 0.1) is 11.6 Å². The maximum Gasteiger partial charge on any atom is 0.236 e. The largest absolute Gasteiger partial charge is 0.490 e. The lowest BCUT2D eigenvalue weighted by atomic mass is 9.89. The minimum Gasteiger partial charge on any atom is -0.490 e. The highest BCUT2D eigenvalue weighted by atomic mass is 19.1. The van der Waals surface area contributed by atoms with Gasteiger partial charge in [0.1, 0.15) is 29.7 Å². The molecule has 4 aromatic rings. The quantitative estimate of drug-likeness (QED) is 0.157. The lowest BCUT2D eigenvalue weighted by Gasteiger charge is -2.37. The van der Waals surface area contributed by atoms with Crippen molar-refractivity contribution >= 4 is 11.8 Å². The summed E-state index contributed by atoms with van der Waals surface area (Å²) in [7, 11) is 5.10. The Morgan fingerprint density at radius 2 is 1.76 bits per heavy atom. The number of aromatic nitrogens is 3. The zero-order chi connectivity index (χ0) is 38.3. The molecule has 2 amide bonds. The van der Waals surface area contributed by atoms with E-state index in [1.807, 2.05) is 36.4 Å². The molecule has 0 saturated heterocycles. The number of likely N-dealkylation sites (N-methyl/N-ethyl adjacent to an activating group) is 1. The molecule has 4 heterocycles. The van der Waals surface area contributed by atoms with Gasteiger partial charge in [0.05, 0.1) is 47.9 Å².